The molecule has 6 nitrogen and oxygen atoms in total. The van der Waals surface area contributed by atoms with E-state index in [1.54, 1.807) is 16.8 Å². The first-order chi connectivity index (χ1) is 9.54. The zero-order chi connectivity index (χ0) is 14.3. The lowest BCUT2D eigenvalue weighted by Crippen LogP contribution is -1.89. The molecule has 3 rings (SSSR count). The van der Waals surface area contributed by atoms with Crippen LogP contribution in [-0.2, 0) is 0 Å². The number of non-ortho nitro benzene ring substituents is 1. The molecule has 0 aliphatic heterocycles. The molecule has 0 saturated carbocycles. The van der Waals surface area contributed by atoms with Gasteiger partial charge in [-0.05, 0) is 0 Å². The van der Waals surface area contributed by atoms with Crippen molar-refractivity contribution in [2.45, 2.75) is 19.8 Å². The fourth-order valence-corrected chi connectivity index (χ4v) is 2.75. The van der Waals surface area contributed by atoms with Crippen molar-refractivity contribution in [2.24, 2.45) is 0 Å². The number of fused-ring (bicyclic) bond motifs is 1. The third-order valence-corrected chi connectivity index (χ3v) is 4.13. The van der Waals surface area contributed by atoms with Crippen molar-refractivity contribution in [1.29, 1.82) is 0 Å². The standard InChI is InChI=1S/C13H12N4O2S/c1-8(2)12-15-16-7-11(14-13(16)20-12)9-4-3-5-10(6-9)17(18)19/h3-8H,1-2H3. The zero-order valence-corrected chi connectivity index (χ0v) is 11.8. The van der Waals surface area contributed by atoms with Gasteiger partial charge in [0.25, 0.3) is 5.69 Å². The number of benzene rings is 1. The van der Waals surface area contributed by atoms with Crippen LogP contribution in [-0.4, -0.2) is 19.5 Å². The van der Waals surface area contributed by atoms with E-state index in [1.165, 1.54) is 23.5 Å². The van der Waals surface area contributed by atoms with Gasteiger partial charge in [0.1, 0.15) is 5.01 Å². The summed E-state index contributed by atoms with van der Waals surface area (Å²) in [6.45, 7) is 4.17. The topological polar surface area (TPSA) is 73.3 Å². The fraction of sp³-hybridized carbons (Fsp3) is 0.231. The van der Waals surface area contributed by atoms with E-state index in [4.69, 9.17) is 0 Å². The lowest BCUT2D eigenvalue weighted by atomic mass is 10.1. The van der Waals surface area contributed by atoms with Gasteiger partial charge < -0.3 is 0 Å². The Bertz CT molecular complexity index is 759. The predicted octanol–water partition coefficient (Wildman–Crippen LogP) is 3.49. The van der Waals surface area contributed by atoms with Crippen LogP contribution in [0.15, 0.2) is 30.5 Å². The molecule has 0 bridgehead atoms. The van der Waals surface area contributed by atoms with Gasteiger partial charge in [0, 0.05) is 23.6 Å². The molecule has 102 valence electrons. The van der Waals surface area contributed by atoms with Gasteiger partial charge in [-0.1, -0.05) is 37.3 Å². The molecule has 7 heteroatoms. The smallest absolute Gasteiger partial charge is 0.258 e. The molecule has 0 unspecified atom stereocenters. The minimum Gasteiger partial charge on any atom is -0.258 e. The quantitative estimate of drug-likeness (QED) is 0.546. The van der Waals surface area contributed by atoms with E-state index in [0.29, 0.717) is 11.6 Å². The number of rotatable bonds is 3. The van der Waals surface area contributed by atoms with E-state index < -0.39 is 4.92 Å². The summed E-state index contributed by atoms with van der Waals surface area (Å²) in [4.78, 5) is 15.7. The van der Waals surface area contributed by atoms with Crippen molar-refractivity contribution in [3.05, 3.63) is 45.6 Å². The van der Waals surface area contributed by atoms with Crippen LogP contribution in [0.5, 0.6) is 0 Å². The van der Waals surface area contributed by atoms with Crippen molar-refractivity contribution < 1.29 is 4.92 Å². The minimum atomic E-state index is -0.406. The van der Waals surface area contributed by atoms with Crippen LogP contribution >= 0.6 is 11.3 Å². The molecule has 20 heavy (non-hydrogen) atoms. The van der Waals surface area contributed by atoms with Gasteiger partial charge in [-0.15, -0.1) is 0 Å². The Morgan fingerprint density at radius 3 is 2.85 bits per heavy atom. The van der Waals surface area contributed by atoms with Crippen molar-refractivity contribution in [1.82, 2.24) is 14.6 Å². The molecule has 3 aromatic rings. The second kappa shape index (κ2) is 4.68. The number of nitro benzene ring substituents is 1. The van der Waals surface area contributed by atoms with Crippen LogP contribution in [0.2, 0.25) is 0 Å². The number of imidazole rings is 1. The van der Waals surface area contributed by atoms with Crippen LogP contribution in [0.4, 0.5) is 5.69 Å². The summed E-state index contributed by atoms with van der Waals surface area (Å²) >= 11 is 1.54. The fourth-order valence-electron chi connectivity index (χ4n) is 1.87. The molecule has 0 atom stereocenters. The lowest BCUT2D eigenvalue weighted by molar-refractivity contribution is -0.384. The average Bonchev–Trinajstić information content (AvgIpc) is 2.96. The van der Waals surface area contributed by atoms with Gasteiger partial charge in [0.15, 0.2) is 0 Å². The summed E-state index contributed by atoms with van der Waals surface area (Å²) < 4.78 is 1.73. The van der Waals surface area contributed by atoms with Gasteiger partial charge in [0.2, 0.25) is 4.96 Å². The third kappa shape index (κ3) is 2.16. The van der Waals surface area contributed by atoms with Gasteiger partial charge in [-0.25, -0.2) is 9.50 Å². The molecule has 0 aliphatic carbocycles. The van der Waals surface area contributed by atoms with Crippen molar-refractivity contribution >= 4 is 22.0 Å². The summed E-state index contributed by atoms with van der Waals surface area (Å²) in [6, 6.07) is 6.46. The van der Waals surface area contributed by atoms with E-state index in [1.807, 2.05) is 6.07 Å². The minimum absolute atomic E-state index is 0.0645. The molecule has 0 N–H and O–H groups in total. The molecule has 0 radical (unpaired) electrons. The highest BCUT2D eigenvalue weighted by Gasteiger charge is 2.13. The molecular weight excluding hydrogens is 276 g/mol. The Kier molecular flexibility index (Phi) is 2.98. The maximum Gasteiger partial charge on any atom is 0.270 e. The summed E-state index contributed by atoms with van der Waals surface area (Å²) in [5, 5.41) is 16.3. The lowest BCUT2D eigenvalue weighted by Gasteiger charge is -1.97. The summed E-state index contributed by atoms with van der Waals surface area (Å²) in [5.41, 5.74) is 1.49. The molecule has 2 heterocycles. The number of nitrogens with zero attached hydrogens (tertiary/aromatic N) is 4. The van der Waals surface area contributed by atoms with E-state index in [2.05, 4.69) is 23.9 Å². The Hall–Kier alpha value is -2.28. The highest BCUT2D eigenvalue weighted by Crippen LogP contribution is 2.27. The van der Waals surface area contributed by atoms with Gasteiger partial charge in [0.05, 0.1) is 16.8 Å². The highest BCUT2D eigenvalue weighted by atomic mass is 32.1. The average molecular weight is 288 g/mol. The Balaban J connectivity index is 2.04. The molecule has 0 fully saturated rings. The second-order valence-electron chi connectivity index (χ2n) is 4.76. The SMILES string of the molecule is CC(C)c1nn2cc(-c3cccc([N+](=O)[O-])c3)nc2s1. The van der Waals surface area contributed by atoms with Crippen LogP contribution in [0.3, 0.4) is 0 Å². The zero-order valence-electron chi connectivity index (χ0n) is 11.0. The molecule has 2 aromatic heterocycles. The highest BCUT2D eigenvalue weighted by molar-refractivity contribution is 7.16. The van der Waals surface area contributed by atoms with E-state index >= 15 is 0 Å². The van der Waals surface area contributed by atoms with Gasteiger partial charge >= 0.3 is 0 Å². The van der Waals surface area contributed by atoms with Crippen molar-refractivity contribution in [3.63, 3.8) is 0 Å². The Labute approximate surface area is 118 Å². The maximum atomic E-state index is 10.8. The van der Waals surface area contributed by atoms with Gasteiger partial charge in [-0.3, -0.25) is 10.1 Å². The summed E-state index contributed by atoms with van der Waals surface area (Å²) in [5.74, 6) is 0.364. The number of nitro groups is 1. The maximum absolute atomic E-state index is 10.8. The van der Waals surface area contributed by atoms with E-state index in [9.17, 15) is 10.1 Å². The first-order valence-corrected chi connectivity index (χ1v) is 6.97. The van der Waals surface area contributed by atoms with Crippen molar-refractivity contribution in [3.8, 4) is 11.3 Å². The molecule has 0 aliphatic rings. The first-order valence-electron chi connectivity index (χ1n) is 6.15. The first kappa shape index (κ1) is 12.7. The Morgan fingerprint density at radius 1 is 1.40 bits per heavy atom. The molecule has 0 amide bonds. The Morgan fingerprint density at radius 2 is 2.20 bits per heavy atom. The third-order valence-electron chi connectivity index (χ3n) is 2.91. The van der Waals surface area contributed by atoms with Gasteiger partial charge in [-0.2, -0.15) is 5.10 Å². The van der Waals surface area contributed by atoms with Crippen LogP contribution in [0.25, 0.3) is 16.2 Å². The summed E-state index contributed by atoms with van der Waals surface area (Å²) in [7, 11) is 0. The number of aromatic nitrogens is 3. The monoisotopic (exact) mass is 288 g/mol. The second-order valence-corrected chi connectivity index (χ2v) is 5.74. The largest absolute Gasteiger partial charge is 0.270 e. The predicted molar refractivity (Wildman–Crippen MR) is 77.0 cm³/mol. The number of hydrogen-bond donors (Lipinski definition) is 0. The van der Waals surface area contributed by atoms with E-state index in [-0.39, 0.29) is 5.69 Å². The van der Waals surface area contributed by atoms with Crippen LogP contribution in [0.1, 0.15) is 24.8 Å². The van der Waals surface area contributed by atoms with Crippen LogP contribution in [0, 0.1) is 10.1 Å². The van der Waals surface area contributed by atoms with E-state index in [0.717, 1.165) is 15.5 Å². The number of hydrogen-bond acceptors (Lipinski definition) is 5. The normalized spacial score (nSPS) is 11.3. The molecule has 0 spiro atoms. The molecule has 1 aromatic carbocycles. The molecule has 0 saturated heterocycles. The summed E-state index contributed by atoms with van der Waals surface area (Å²) in [6.07, 6.45) is 1.80. The van der Waals surface area contributed by atoms with Crippen LogP contribution < -0.4 is 0 Å². The molecular formula is C13H12N4O2S. The van der Waals surface area contributed by atoms with Crippen molar-refractivity contribution in [2.75, 3.05) is 0 Å².